The molecule has 4 rings (SSSR count). The van der Waals surface area contributed by atoms with Gasteiger partial charge in [0.2, 0.25) is 0 Å². The summed E-state index contributed by atoms with van der Waals surface area (Å²) in [6.45, 7) is 5.03. The lowest BCUT2D eigenvalue weighted by molar-refractivity contribution is -0.0938. The van der Waals surface area contributed by atoms with Gasteiger partial charge in [0.1, 0.15) is 0 Å². The normalized spacial score (nSPS) is 54.9. The number of nitrogens with zero attached hydrogens (tertiary/aromatic N) is 1. The van der Waals surface area contributed by atoms with Crippen molar-refractivity contribution in [1.29, 1.82) is 0 Å². The predicted octanol–water partition coefficient (Wildman–Crippen LogP) is 5.25. The van der Waals surface area contributed by atoms with E-state index in [0.29, 0.717) is 5.41 Å². The Morgan fingerprint density at radius 2 is 1.81 bits per heavy atom. The molecular formula is C19H31NO. The van der Waals surface area contributed by atoms with E-state index in [4.69, 9.17) is 0 Å². The average Bonchev–Trinajstić information content (AvgIpc) is 2.83. The molecule has 4 fully saturated rings. The summed E-state index contributed by atoms with van der Waals surface area (Å²) in [5.74, 6) is 3.65. The first kappa shape index (κ1) is 14.1. The fourth-order valence-electron chi connectivity index (χ4n) is 7.25. The van der Waals surface area contributed by atoms with Crippen LogP contribution in [0, 0.1) is 34.5 Å². The highest BCUT2D eigenvalue weighted by atomic mass is 16.4. The standard InChI is InChI=1S/C19H31NO/c1-18-11-4-3-5-13(18)6-7-14-15-8-9-17(20-21)19(15,2)12-10-16(14)18/h13-16,21H,3-12H2,1-2H3/b20-17+/t13-,14?,15?,16?,18+,19+/m1/s1. The van der Waals surface area contributed by atoms with Crippen molar-refractivity contribution in [2.75, 3.05) is 0 Å². The van der Waals surface area contributed by atoms with E-state index in [0.717, 1.165) is 35.8 Å². The Morgan fingerprint density at radius 1 is 0.952 bits per heavy atom. The molecule has 0 amide bonds. The van der Waals surface area contributed by atoms with Crippen LogP contribution in [0.15, 0.2) is 5.16 Å². The number of fused-ring (bicyclic) bond motifs is 5. The molecule has 21 heavy (non-hydrogen) atoms. The molecule has 0 bridgehead atoms. The van der Waals surface area contributed by atoms with E-state index in [9.17, 15) is 5.21 Å². The monoisotopic (exact) mass is 289 g/mol. The minimum Gasteiger partial charge on any atom is -0.411 e. The van der Waals surface area contributed by atoms with Crippen LogP contribution >= 0.6 is 0 Å². The quantitative estimate of drug-likeness (QED) is 0.479. The van der Waals surface area contributed by atoms with E-state index in [1.54, 1.807) is 0 Å². The van der Waals surface area contributed by atoms with Crippen molar-refractivity contribution in [2.24, 2.45) is 39.7 Å². The summed E-state index contributed by atoms with van der Waals surface area (Å²) in [6, 6.07) is 0. The van der Waals surface area contributed by atoms with Gasteiger partial charge in [0, 0.05) is 5.41 Å². The lowest BCUT2D eigenvalue weighted by Crippen LogP contribution is -2.52. The summed E-state index contributed by atoms with van der Waals surface area (Å²) in [7, 11) is 0. The third-order valence-corrected chi connectivity index (χ3v) is 8.44. The minimum atomic E-state index is 0.216. The van der Waals surface area contributed by atoms with Gasteiger partial charge in [-0.05, 0) is 80.5 Å². The Bertz CT molecular complexity index is 458. The zero-order chi connectivity index (χ0) is 14.7. The molecule has 0 aliphatic heterocycles. The fraction of sp³-hybridized carbons (Fsp3) is 0.947. The largest absolute Gasteiger partial charge is 0.411 e. The van der Waals surface area contributed by atoms with Crippen molar-refractivity contribution in [2.45, 2.75) is 78.1 Å². The highest BCUT2D eigenvalue weighted by molar-refractivity contribution is 5.91. The molecular weight excluding hydrogens is 258 g/mol. The van der Waals surface area contributed by atoms with Crippen LogP contribution in [-0.4, -0.2) is 10.9 Å². The van der Waals surface area contributed by atoms with E-state index in [1.807, 2.05) is 0 Å². The van der Waals surface area contributed by atoms with Crippen LogP contribution in [-0.2, 0) is 0 Å². The Morgan fingerprint density at radius 3 is 2.62 bits per heavy atom. The molecule has 118 valence electrons. The zero-order valence-corrected chi connectivity index (χ0v) is 13.8. The topological polar surface area (TPSA) is 32.6 Å². The van der Waals surface area contributed by atoms with Crippen molar-refractivity contribution in [3.63, 3.8) is 0 Å². The first-order valence-corrected chi connectivity index (χ1v) is 9.31. The molecule has 0 aromatic heterocycles. The van der Waals surface area contributed by atoms with Crippen LogP contribution in [0.5, 0.6) is 0 Å². The lowest BCUT2D eigenvalue weighted by Gasteiger charge is -2.59. The van der Waals surface area contributed by atoms with Crippen LogP contribution < -0.4 is 0 Å². The van der Waals surface area contributed by atoms with Gasteiger partial charge in [-0.3, -0.25) is 0 Å². The molecule has 3 unspecified atom stereocenters. The highest BCUT2D eigenvalue weighted by Crippen LogP contribution is 2.65. The minimum absolute atomic E-state index is 0.216. The van der Waals surface area contributed by atoms with Gasteiger partial charge in [-0.1, -0.05) is 31.8 Å². The van der Waals surface area contributed by atoms with E-state index in [1.165, 1.54) is 57.8 Å². The Hall–Kier alpha value is -0.530. The van der Waals surface area contributed by atoms with Crippen LogP contribution in [0.2, 0.25) is 0 Å². The van der Waals surface area contributed by atoms with E-state index in [-0.39, 0.29) is 5.41 Å². The Labute approximate surface area is 129 Å². The van der Waals surface area contributed by atoms with Gasteiger partial charge in [-0.15, -0.1) is 0 Å². The molecule has 6 atom stereocenters. The molecule has 2 heteroatoms. The van der Waals surface area contributed by atoms with Crippen molar-refractivity contribution < 1.29 is 5.21 Å². The molecule has 0 saturated heterocycles. The zero-order valence-electron chi connectivity index (χ0n) is 13.8. The van der Waals surface area contributed by atoms with Gasteiger partial charge in [-0.2, -0.15) is 0 Å². The van der Waals surface area contributed by atoms with Crippen LogP contribution in [0.1, 0.15) is 78.1 Å². The maximum Gasteiger partial charge on any atom is 0.0632 e. The van der Waals surface area contributed by atoms with Gasteiger partial charge in [0.15, 0.2) is 0 Å². The summed E-state index contributed by atoms with van der Waals surface area (Å²) < 4.78 is 0. The maximum atomic E-state index is 9.39. The van der Waals surface area contributed by atoms with E-state index < -0.39 is 0 Å². The molecule has 4 aliphatic rings. The summed E-state index contributed by atoms with van der Waals surface area (Å²) >= 11 is 0. The summed E-state index contributed by atoms with van der Waals surface area (Å²) in [5.41, 5.74) is 1.96. The lowest BCUT2D eigenvalue weighted by atomic mass is 9.45. The van der Waals surface area contributed by atoms with Gasteiger partial charge >= 0.3 is 0 Å². The van der Waals surface area contributed by atoms with Crippen molar-refractivity contribution in [3.05, 3.63) is 0 Å². The summed E-state index contributed by atoms with van der Waals surface area (Å²) in [5, 5.41) is 13.1. The molecule has 0 aromatic carbocycles. The molecule has 4 aliphatic carbocycles. The first-order valence-electron chi connectivity index (χ1n) is 9.31. The molecule has 4 saturated carbocycles. The average molecular weight is 289 g/mol. The number of oxime groups is 1. The number of rotatable bonds is 0. The third kappa shape index (κ3) is 1.80. The second-order valence-electron chi connectivity index (χ2n) is 8.94. The number of hydrogen-bond acceptors (Lipinski definition) is 2. The molecule has 1 N–H and O–H groups in total. The van der Waals surface area contributed by atoms with Gasteiger partial charge < -0.3 is 5.21 Å². The SMILES string of the molecule is C[C@]12CCC3C(CC[C@H]4CCCC[C@]34C)C1CC/C2=N\O. The molecule has 0 aromatic rings. The van der Waals surface area contributed by atoms with Gasteiger partial charge in [-0.25, -0.2) is 0 Å². The van der Waals surface area contributed by atoms with Crippen molar-refractivity contribution >= 4 is 5.71 Å². The number of hydrogen-bond donors (Lipinski definition) is 1. The van der Waals surface area contributed by atoms with Crippen LogP contribution in [0.4, 0.5) is 0 Å². The first-order chi connectivity index (χ1) is 10.1. The van der Waals surface area contributed by atoms with E-state index >= 15 is 0 Å². The van der Waals surface area contributed by atoms with Gasteiger partial charge in [0.25, 0.3) is 0 Å². The predicted molar refractivity (Wildman–Crippen MR) is 85.6 cm³/mol. The smallest absolute Gasteiger partial charge is 0.0632 e. The van der Waals surface area contributed by atoms with Gasteiger partial charge in [0.05, 0.1) is 5.71 Å². The Kier molecular flexibility index (Phi) is 3.17. The molecule has 2 nitrogen and oxygen atoms in total. The highest BCUT2D eigenvalue weighted by Gasteiger charge is 2.59. The summed E-state index contributed by atoms with van der Waals surface area (Å²) in [4.78, 5) is 0. The van der Waals surface area contributed by atoms with Crippen molar-refractivity contribution in [1.82, 2.24) is 0 Å². The van der Waals surface area contributed by atoms with E-state index in [2.05, 4.69) is 19.0 Å². The van der Waals surface area contributed by atoms with Crippen LogP contribution in [0.3, 0.4) is 0 Å². The molecule has 0 spiro atoms. The molecule has 0 radical (unpaired) electrons. The second-order valence-corrected chi connectivity index (χ2v) is 8.94. The molecule has 0 heterocycles. The summed E-state index contributed by atoms with van der Waals surface area (Å²) in [6.07, 6.45) is 13.8. The maximum absolute atomic E-state index is 9.39. The second kappa shape index (κ2) is 4.73. The fourth-order valence-corrected chi connectivity index (χ4v) is 7.25. The van der Waals surface area contributed by atoms with Crippen LogP contribution in [0.25, 0.3) is 0 Å². The third-order valence-electron chi connectivity index (χ3n) is 8.44. The van der Waals surface area contributed by atoms with Crippen molar-refractivity contribution in [3.8, 4) is 0 Å². The Balaban J connectivity index is 1.66.